The first-order valence-electron chi connectivity index (χ1n) is 25.0. The average molecular weight is 996 g/mol. The van der Waals surface area contributed by atoms with Crippen molar-refractivity contribution in [2.24, 2.45) is 11.3 Å². The van der Waals surface area contributed by atoms with Gasteiger partial charge in [0.25, 0.3) is 27.5 Å². The number of carbonyl (C=O) groups excluding carboxylic acids is 1. The molecule has 1 spiro atoms. The van der Waals surface area contributed by atoms with Crippen molar-refractivity contribution in [1.29, 1.82) is 0 Å². The van der Waals surface area contributed by atoms with E-state index in [0.29, 0.717) is 37.3 Å². The van der Waals surface area contributed by atoms with Crippen LogP contribution in [-0.2, 0) is 14.8 Å². The molecular formula is C53H66FN7O9S. The number of halogens is 1. The van der Waals surface area contributed by atoms with Crippen molar-refractivity contribution in [3.8, 4) is 17.4 Å². The van der Waals surface area contributed by atoms with Crippen LogP contribution in [0.25, 0.3) is 11.0 Å². The molecule has 0 radical (unpaired) electrons. The van der Waals surface area contributed by atoms with Crippen LogP contribution in [-0.4, -0.2) is 103 Å². The number of piperidine rings is 1. The molecule has 1 amide bonds. The highest BCUT2D eigenvalue weighted by molar-refractivity contribution is 7.90. The topological polar surface area (TPSA) is 201 Å². The van der Waals surface area contributed by atoms with Gasteiger partial charge in [-0.2, -0.15) is 4.98 Å². The first kappa shape index (κ1) is 50.1. The SMILES string of the molecule is COC(C)COc1nc2[nH]cc(F)c2cc1Oc1cc(N2CCC3(CC2)CN([C@H]2CCC[C@H]2c2ccccc2C(C)C)C3)ccc1C(=O)NS(=O)(=O)c1ccc(NC[C@H]2CC[C@](C)(O)CC2)c([N+](=O)[O-])c1. The van der Waals surface area contributed by atoms with Crippen LogP contribution in [0.3, 0.4) is 0 Å². The van der Waals surface area contributed by atoms with E-state index in [1.54, 1.807) is 26.0 Å². The molecule has 2 saturated heterocycles. The normalized spacial score (nSPS) is 22.9. The number of hydrogen-bond donors (Lipinski definition) is 4. The van der Waals surface area contributed by atoms with Gasteiger partial charge in [0.1, 0.15) is 29.5 Å². The number of pyridine rings is 1. The monoisotopic (exact) mass is 995 g/mol. The van der Waals surface area contributed by atoms with Crippen molar-refractivity contribution in [2.45, 2.75) is 120 Å². The fourth-order valence-corrected chi connectivity index (χ4v) is 12.2. The number of methoxy groups -OCH3 is 1. The Morgan fingerprint density at radius 2 is 1.75 bits per heavy atom. The number of anilines is 2. The second-order valence-corrected chi connectivity index (χ2v) is 22.6. The van der Waals surface area contributed by atoms with Crippen molar-refractivity contribution in [3.63, 3.8) is 0 Å². The van der Waals surface area contributed by atoms with Crippen LogP contribution in [0.4, 0.5) is 21.5 Å². The zero-order chi connectivity index (χ0) is 50.2. The van der Waals surface area contributed by atoms with Gasteiger partial charge < -0.3 is 34.5 Å². The van der Waals surface area contributed by atoms with E-state index in [4.69, 9.17) is 14.2 Å². The van der Waals surface area contributed by atoms with E-state index in [1.807, 2.05) is 0 Å². The summed E-state index contributed by atoms with van der Waals surface area (Å²) < 4.78 is 62.9. The summed E-state index contributed by atoms with van der Waals surface area (Å²) in [6.07, 6.45) is 9.09. The summed E-state index contributed by atoms with van der Waals surface area (Å²) in [5.41, 5.74) is 2.84. The molecule has 18 heteroatoms. The smallest absolute Gasteiger partial charge is 0.293 e. The molecule has 4 heterocycles. The Labute approximate surface area is 414 Å². The van der Waals surface area contributed by atoms with E-state index in [2.05, 4.69) is 67.9 Å². The number of likely N-dealkylation sites (tertiary alicyclic amines) is 1. The Morgan fingerprint density at radius 3 is 2.46 bits per heavy atom. The molecule has 1 unspecified atom stereocenters. The number of sulfonamides is 1. The Morgan fingerprint density at radius 1 is 1.00 bits per heavy atom. The predicted octanol–water partition coefficient (Wildman–Crippen LogP) is 9.65. The van der Waals surface area contributed by atoms with Gasteiger partial charge in [0.2, 0.25) is 0 Å². The van der Waals surface area contributed by atoms with Gasteiger partial charge in [0, 0.05) is 76.0 Å². The maximum Gasteiger partial charge on any atom is 0.293 e. The van der Waals surface area contributed by atoms with Crippen LogP contribution >= 0.6 is 0 Å². The van der Waals surface area contributed by atoms with E-state index in [9.17, 15) is 28.4 Å². The molecule has 3 aromatic carbocycles. The largest absolute Gasteiger partial charge is 0.472 e. The number of amides is 1. The van der Waals surface area contributed by atoms with Crippen LogP contribution < -0.4 is 24.4 Å². The summed E-state index contributed by atoms with van der Waals surface area (Å²) in [5, 5.41) is 25.8. The lowest BCUT2D eigenvalue weighted by molar-refractivity contribution is -0.384. The molecule has 2 aliphatic heterocycles. The highest BCUT2D eigenvalue weighted by atomic mass is 32.2. The number of nitrogens with zero attached hydrogens (tertiary/aromatic N) is 4. The first-order valence-corrected chi connectivity index (χ1v) is 26.4. The number of H-pyrrole nitrogens is 1. The van der Waals surface area contributed by atoms with Crippen LogP contribution in [0.5, 0.6) is 17.4 Å². The molecule has 2 aliphatic carbocycles. The van der Waals surface area contributed by atoms with Crippen molar-refractivity contribution >= 4 is 44.0 Å². The summed E-state index contributed by atoms with van der Waals surface area (Å²) in [6, 6.07) is 19.2. The number of nitro groups is 1. The van der Waals surface area contributed by atoms with Gasteiger partial charge in [0.15, 0.2) is 5.75 Å². The van der Waals surface area contributed by atoms with Crippen molar-refractivity contribution in [3.05, 3.63) is 106 Å². The minimum absolute atomic E-state index is 0.0179. The van der Waals surface area contributed by atoms with Gasteiger partial charge in [-0.15, -0.1) is 0 Å². The molecule has 3 atom stereocenters. The number of ether oxygens (including phenoxy) is 3. The van der Waals surface area contributed by atoms with Gasteiger partial charge in [-0.05, 0) is 124 Å². The lowest BCUT2D eigenvalue weighted by Gasteiger charge is -2.57. The van der Waals surface area contributed by atoms with E-state index >= 15 is 4.39 Å². The van der Waals surface area contributed by atoms with E-state index in [1.165, 1.54) is 61.8 Å². The van der Waals surface area contributed by atoms with E-state index in [0.717, 1.165) is 69.8 Å². The van der Waals surface area contributed by atoms with Gasteiger partial charge >= 0.3 is 0 Å². The van der Waals surface area contributed by atoms with Crippen LogP contribution in [0.2, 0.25) is 0 Å². The maximum absolute atomic E-state index is 15.1. The number of rotatable bonds is 17. The number of hydrogen-bond acceptors (Lipinski definition) is 13. The minimum atomic E-state index is -4.69. The number of aromatic amines is 1. The molecule has 16 nitrogen and oxygen atoms in total. The summed E-state index contributed by atoms with van der Waals surface area (Å²) in [5.74, 6) is -0.564. The molecule has 4 fully saturated rings. The Kier molecular flexibility index (Phi) is 14.4. The molecule has 5 aromatic rings. The van der Waals surface area contributed by atoms with E-state index in [-0.39, 0.29) is 63.7 Å². The molecule has 9 rings (SSSR count). The van der Waals surface area contributed by atoms with Crippen molar-refractivity contribution in [1.82, 2.24) is 19.6 Å². The lowest BCUT2D eigenvalue weighted by atomic mass is 9.70. The zero-order valence-electron chi connectivity index (χ0n) is 41.2. The number of nitrogens with one attached hydrogen (secondary N) is 3. The fourth-order valence-electron chi connectivity index (χ4n) is 11.2. The molecular weight excluding hydrogens is 930 g/mol. The molecule has 4 N–H and O–H groups in total. The maximum atomic E-state index is 15.1. The molecule has 2 aromatic heterocycles. The first-order chi connectivity index (χ1) is 33.9. The number of nitro benzene ring substituents is 1. The van der Waals surface area contributed by atoms with Crippen molar-refractivity contribution < 1.29 is 41.8 Å². The number of aromatic nitrogens is 2. The predicted molar refractivity (Wildman–Crippen MR) is 270 cm³/mol. The number of aliphatic hydroxyl groups is 1. The Bertz CT molecular complexity index is 2870. The standard InChI is InChI=1S/C53H66FN7O9S/c1-33(2)38-9-6-7-10-39(38)40-11-8-12-45(40)60-31-53(32-60)21-23-59(24-22-53)36-13-15-41(47(25-36)70-48-27-42-43(54)29-56-49(42)57-51(48)69-30-34(3)68-5)50(62)58-71(66,67)37-14-16-44(46(26-37)61(64)65)55-28-35-17-19-52(4,63)20-18-35/h6-7,9-10,13-16,25-27,29,33-35,40,45,55,63H,8,11-12,17-24,28,30-32H2,1-5H3,(H,56,57)(H,58,62)/t34?,35-,40-,45-,52-/m0/s1. The summed E-state index contributed by atoms with van der Waals surface area (Å²) in [4.78, 5) is 37.6. The van der Waals surface area contributed by atoms with Crippen molar-refractivity contribution in [2.75, 3.05) is 56.7 Å². The molecule has 71 heavy (non-hydrogen) atoms. The molecule has 380 valence electrons. The lowest BCUT2D eigenvalue weighted by Crippen LogP contribution is -2.63. The number of carbonyl (C=O) groups is 1. The molecule has 0 bridgehead atoms. The Balaban J connectivity index is 0.951. The second kappa shape index (κ2) is 20.4. The third-order valence-corrected chi connectivity index (χ3v) is 16.9. The number of fused-ring (bicyclic) bond motifs is 1. The van der Waals surface area contributed by atoms with Crippen LogP contribution in [0.15, 0.2) is 77.8 Å². The molecule has 2 saturated carbocycles. The van der Waals surface area contributed by atoms with Gasteiger partial charge in [0.05, 0.1) is 32.5 Å². The minimum Gasteiger partial charge on any atom is -0.472 e. The van der Waals surface area contributed by atoms with Gasteiger partial charge in [-0.3, -0.25) is 19.8 Å². The van der Waals surface area contributed by atoms with E-state index < -0.39 is 42.9 Å². The van der Waals surface area contributed by atoms with Gasteiger partial charge in [-0.25, -0.2) is 17.5 Å². The van der Waals surface area contributed by atoms with Crippen LogP contribution in [0, 0.1) is 27.3 Å². The van der Waals surface area contributed by atoms with Gasteiger partial charge in [-0.1, -0.05) is 44.5 Å². The molecule has 4 aliphatic rings. The average Bonchev–Trinajstić information content (AvgIpc) is 3.97. The second-order valence-electron chi connectivity index (χ2n) is 20.9. The quantitative estimate of drug-likeness (QED) is 0.0507. The summed E-state index contributed by atoms with van der Waals surface area (Å²) >= 11 is 0. The summed E-state index contributed by atoms with van der Waals surface area (Å²) in [6.45, 7) is 12.2. The van der Waals surface area contributed by atoms with Crippen LogP contribution in [0.1, 0.15) is 119 Å². The summed E-state index contributed by atoms with van der Waals surface area (Å²) in [7, 11) is -3.15. The third kappa shape index (κ3) is 10.9. The number of benzene rings is 3. The zero-order valence-corrected chi connectivity index (χ0v) is 42.0. The Hall–Kier alpha value is -5.82. The third-order valence-electron chi connectivity index (χ3n) is 15.5. The highest BCUT2D eigenvalue weighted by Gasteiger charge is 2.49. The highest BCUT2D eigenvalue weighted by Crippen LogP contribution is 2.49. The fraction of sp³-hybridized carbons (Fsp3) is 0.509.